The Bertz CT molecular complexity index is 761. The number of amides is 1. The van der Waals surface area contributed by atoms with Gasteiger partial charge in [0, 0.05) is 5.56 Å². The number of esters is 1. The molecule has 0 spiro atoms. The van der Waals surface area contributed by atoms with Gasteiger partial charge in [-0.1, -0.05) is 60.7 Å². The van der Waals surface area contributed by atoms with Gasteiger partial charge in [0.05, 0.1) is 6.10 Å². The van der Waals surface area contributed by atoms with Crippen LogP contribution in [0.4, 0.5) is 4.79 Å². The highest BCUT2D eigenvalue weighted by Gasteiger charge is 2.28. The van der Waals surface area contributed by atoms with Gasteiger partial charge in [0.15, 0.2) is 18.4 Å². The molecule has 0 aliphatic carbocycles. The van der Waals surface area contributed by atoms with Gasteiger partial charge in [-0.15, -0.1) is 0 Å². The van der Waals surface area contributed by atoms with Crippen LogP contribution in [0.2, 0.25) is 0 Å². The second-order valence-electron chi connectivity index (χ2n) is 5.82. The first-order valence-corrected chi connectivity index (χ1v) is 8.37. The minimum atomic E-state index is -1.35. The number of nitrogens with one attached hydrogen (secondary N) is 1. The number of hydrogen-bond donors (Lipinski definition) is 2. The Morgan fingerprint density at radius 1 is 0.963 bits per heavy atom. The van der Waals surface area contributed by atoms with Crippen LogP contribution < -0.4 is 5.32 Å². The Kier molecular flexibility index (Phi) is 7.51. The smallest absolute Gasteiger partial charge is 0.408 e. The summed E-state index contributed by atoms with van der Waals surface area (Å²) in [5.74, 6) is -1.31. The standard InChI is InChI=1S/C20H21NO6/c1-14(22)18(21-20(25)27-12-15-8-4-2-5-9-15)19(24)26-13-17(23)16-10-6-3-7-11-16/h2-11,14,18,22H,12-13H2,1H3,(H,21,25)/t14?,18-/m0/s1. The van der Waals surface area contributed by atoms with Crippen LogP contribution in [0.25, 0.3) is 0 Å². The average Bonchev–Trinajstić information content (AvgIpc) is 2.69. The van der Waals surface area contributed by atoms with E-state index in [9.17, 15) is 19.5 Å². The highest BCUT2D eigenvalue weighted by atomic mass is 16.6. The van der Waals surface area contributed by atoms with Gasteiger partial charge in [0.1, 0.15) is 6.61 Å². The van der Waals surface area contributed by atoms with E-state index in [0.717, 1.165) is 5.56 Å². The highest BCUT2D eigenvalue weighted by molar-refractivity contribution is 5.98. The van der Waals surface area contributed by atoms with Crippen molar-refractivity contribution in [2.45, 2.75) is 25.7 Å². The van der Waals surface area contributed by atoms with Crippen molar-refractivity contribution in [3.8, 4) is 0 Å². The van der Waals surface area contributed by atoms with E-state index in [4.69, 9.17) is 9.47 Å². The van der Waals surface area contributed by atoms with E-state index in [0.29, 0.717) is 5.56 Å². The van der Waals surface area contributed by atoms with Crippen LogP contribution in [-0.4, -0.2) is 41.7 Å². The van der Waals surface area contributed by atoms with E-state index >= 15 is 0 Å². The minimum absolute atomic E-state index is 0.0146. The van der Waals surface area contributed by atoms with Crippen molar-refractivity contribution < 1.29 is 29.0 Å². The highest BCUT2D eigenvalue weighted by Crippen LogP contribution is 2.04. The number of aliphatic hydroxyl groups is 1. The maximum atomic E-state index is 12.1. The van der Waals surface area contributed by atoms with Crippen molar-refractivity contribution in [1.29, 1.82) is 0 Å². The summed E-state index contributed by atoms with van der Waals surface area (Å²) in [6, 6.07) is 16.0. The number of Topliss-reactive ketones (excluding diaryl/α,β-unsaturated/α-hetero) is 1. The summed E-state index contributed by atoms with van der Waals surface area (Å²) in [5, 5.41) is 12.0. The van der Waals surface area contributed by atoms with Gasteiger partial charge >= 0.3 is 12.1 Å². The van der Waals surface area contributed by atoms with Crippen molar-refractivity contribution in [2.24, 2.45) is 0 Å². The van der Waals surface area contributed by atoms with Gasteiger partial charge in [0.25, 0.3) is 0 Å². The molecule has 0 bridgehead atoms. The van der Waals surface area contributed by atoms with E-state index in [2.05, 4.69) is 5.32 Å². The predicted octanol–water partition coefficient (Wildman–Crippen LogP) is 2.09. The lowest BCUT2D eigenvalue weighted by molar-refractivity contribution is -0.147. The molecule has 0 aliphatic heterocycles. The van der Waals surface area contributed by atoms with Crippen molar-refractivity contribution in [3.63, 3.8) is 0 Å². The van der Waals surface area contributed by atoms with Crippen LogP contribution in [0, 0.1) is 0 Å². The molecule has 0 aliphatic rings. The predicted molar refractivity (Wildman–Crippen MR) is 97.0 cm³/mol. The monoisotopic (exact) mass is 371 g/mol. The number of ketones is 1. The van der Waals surface area contributed by atoms with Crippen LogP contribution in [0.3, 0.4) is 0 Å². The summed E-state index contributed by atoms with van der Waals surface area (Å²) in [6.45, 7) is 0.843. The quantitative estimate of drug-likeness (QED) is 0.544. The van der Waals surface area contributed by atoms with Crippen LogP contribution in [0.15, 0.2) is 60.7 Å². The number of carbonyl (C=O) groups is 3. The summed E-state index contributed by atoms with van der Waals surface area (Å²) < 4.78 is 9.94. The van der Waals surface area contributed by atoms with Crippen molar-refractivity contribution in [2.75, 3.05) is 6.61 Å². The van der Waals surface area contributed by atoms with E-state index in [1.54, 1.807) is 54.6 Å². The first-order valence-electron chi connectivity index (χ1n) is 8.37. The average molecular weight is 371 g/mol. The molecule has 0 heterocycles. The number of carbonyl (C=O) groups excluding carboxylic acids is 3. The molecule has 2 atom stereocenters. The van der Waals surface area contributed by atoms with Crippen LogP contribution >= 0.6 is 0 Å². The molecule has 0 saturated heterocycles. The summed E-state index contributed by atoms with van der Waals surface area (Å²) in [4.78, 5) is 36.0. The van der Waals surface area contributed by atoms with Gasteiger partial charge in [-0.2, -0.15) is 0 Å². The third kappa shape index (κ3) is 6.56. The second-order valence-corrected chi connectivity index (χ2v) is 5.82. The van der Waals surface area contributed by atoms with E-state index in [-0.39, 0.29) is 12.4 Å². The lowest BCUT2D eigenvalue weighted by atomic mass is 10.1. The summed E-state index contributed by atoms with van der Waals surface area (Å²) in [6.07, 6.45) is -2.11. The maximum absolute atomic E-state index is 12.1. The molecular weight excluding hydrogens is 350 g/mol. The molecule has 0 fully saturated rings. The largest absolute Gasteiger partial charge is 0.456 e. The van der Waals surface area contributed by atoms with Crippen molar-refractivity contribution in [1.82, 2.24) is 5.32 Å². The zero-order chi connectivity index (χ0) is 19.6. The fourth-order valence-electron chi connectivity index (χ4n) is 2.20. The van der Waals surface area contributed by atoms with E-state index in [1.165, 1.54) is 6.92 Å². The normalized spacial score (nSPS) is 12.5. The zero-order valence-electron chi connectivity index (χ0n) is 14.8. The molecule has 1 unspecified atom stereocenters. The molecular formula is C20H21NO6. The molecule has 7 nitrogen and oxygen atoms in total. The number of rotatable bonds is 8. The maximum Gasteiger partial charge on any atom is 0.408 e. The molecule has 142 valence electrons. The van der Waals surface area contributed by atoms with E-state index < -0.39 is 30.8 Å². The minimum Gasteiger partial charge on any atom is -0.456 e. The summed E-state index contributed by atoms with van der Waals surface area (Å²) >= 11 is 0. The Morgan fingerprint density at radius 3 is 2.15 bits per heavy atom. The van der Waals surface area contributed by atoms with Gasteiger partial charge < -0.3 is 19.9 Å². The lowest BCUT2D eigenvalue weighted by Gasteiger charge is -2.19. The summed E-state index contributed by atoms with van der Waals surface area (Å²) in [5.41, 5.74) is 1.17. The number of benzene rings is 2. The lowest BCUT2D eigenvalue weighted by Crippen LogP contribution is -2.49. The van der Waals surface area contributed by atoms with Gasteiger partial charge in [-0.25, -0.2) is 9.59 Å². The summed E-state index contributed by atoms with van der Waals surface area (Å²) in [7, 11) is 0. The van der Waals surface area contributed by atoms with Crippen molar-refractivity contribution in [3.05, 3.63) is 71.8 Å². The fraction of sp³-hybridized carbons (Fsp3) is 0.250. The molecule has 1 amide bonds. The molecule has 0 saturated carbocycles. The van der Waals surface area contributed by atoms with Gasteiger partial charge in [0.2, 0.25) is 0 Å². The Labute approximate surface area is 156 Å². The molecule has 7 heteroatoms. The topological polar surface area (TPSA) is 102 Å². The second kappa shape index (κ2) is 10.1. The number of alkyl carbamates (subject to hydrolysis) is 1. The molecule has 2 aromatic rings. The Balaban J connectivity index is 1.85. The van der Waals surface area contributed by atoms with Crippen LogP contribution in [0.1, 0.15) is 22.8 Å². The third-order valence-corrected chi connectivity index (χ3v) is 3.66. The first-order chi connectivity index (χ1) is 13.0. The zero-order valence-corrected chi connectivity index (χ0v) is 14.8. The first kappa shape index (κ1) is 20.1. The molecule has 2 aromatic carbocycles. The molecule has 0 aromatic heterocycles. The number of aliphatic hydroxyl groups excluding tert-OH is 1. The molecule has 0 radical (unpaired) electrons. The fourth-order valence-corrected chi connectivity index (χ4v) is 2.20. The number of ether oxygens (including phenoxy) is 2. The van der Waals surface area contributed by atoms with E-state index in [1.807, 2.05) is 6.07 Å². The molecule has 2 N–H and O–H groups in total. The van der Waals surface area contributed by atoms with Gasteiger partial charge in [-0.3, -0.25) is 4.79 Å². The SMILES string of the molecule is CC(O)[C@H](NC(=O)OCc1ccccc1)C(=O)OCC(=O)c1ccccc1. The molecule has 27 heavy (non-hydrogen) atoms. The van der Waals surface area contributed by atoms with Crippen LogP contribution in [-0.2, 0) is 20.9 Å². The third-order valence-electron chi connectivity index (χ3n) is 3.66. The Hall–Kier alpha value is -3.19. The van der Waals surface area contributed by atoms with Crippen molar-refractivity contribution >= 4 is 17.8 Å². The Morgan fingerprint density at radius 2 is 1.56 bits per heavy atom. The molecule has 2 rings (SSSR count). The van der Waals surface area contributed by atoms with Gasteiger partial charge in [-0.05, 0) is 12.5 Å². The van der Waals surface area contributed by atoms with Crippen LogP contribution in [0.5, 0.6) is 0 Å². The number of hydrogen-bond acceptors (Lipinski definition) is 6.